The number of carbonyl (C=O) groups excluding carboxylic acids is 1. The number of carbonyl (C=O) groups is 1. The van der Waals surface area contributed by atoms with Gasteiger partial charge in [-0.2, -0.15) is 8.78 Å². The Balaban J connectivity index is 1.67. The summed E-state index contributed by atoms with van der Waals surface area (Å²) in [6.07, 6.45) is 1.54. The number of rotatable bonds is 7. The minimum Gasteiger partial charge on any atom is -0.324 e. The van der Waals surface area contributed by atoms with Crippen molar-refractivity contribution < 1.29 is 13.6 Å². The molecule has 0 saturated heterocycles. The van der Waals surface area contributed by atoms with Crippen molar-refractivity contribution in [3.05, 3.63) is 59.4 Å². The minimum absolute atomic E-state index is 0.0476. The molecule has 1 aromatic heterocycles. The van der Waals surface area contributed by atoms with Crippen LogP contribution < -0.4 is 5.32 Å². The Morgan fingerprint density at radius 1 is 1.29 bits per heavy atom. The molecule has 0 saturated carbocycles. The van der Waals surface area contributed by atoms with Gasteiger partial charge in [0.05, 0.1) is 17.1 Å². The molecule has 0 aliphatic rings. The van der Waals surface area contributed by atoms with Crippen molar-refractivity contribution in [2.45, 2.75) is 22.7 Å². The van der Waals surface area contributed by atoms with E-state index in [-0.39, 0.29) is 11.7 Å². The summed E-state index contributed by atoms with van der Waals surface area (Å²) in [6.45, 7) is 1.91. The number of anilines is 1. The molecular weight excluding hydrogens is 426 g/mol. The van der Waals surface area contributed by atoms with Gasteiger partial charge in [-0.25, -0.2) is 0 Å². The Kier molecular flexibility index (Phi) is 6.93. The smallest absolute Gasteiger partial charge is 0.288 e. The number of amides is 1. The number of thioether (sulfide) groups is 2. The van der Waals surface area contributed by atoms with Crippen LogP contribution in [0.25, 0.3) is 5.69 Å². The zero-order valence-electron chi connectivity index (χ0n) is 14.6. The molecule has 0 unspecified atom stereocenters. The van der Waals surface area contributed by atoms with E-state index in [4.69, 9.17) is 11.6 Å². The van der Waals surface area contributed by atoms with Crippen LogP contribution in [0.2, 0.25) is 5.02 Å². The normalized spacial score (nSPS) is 11.0. The number of benzene rings is 2. The first-order valence-corrected chi connectivity index (χ1v) is 10.3. The summed E-state index contributed by atoms with van der Waals surface area (Å²) in [5.74, 6) is -2.84. The van der Waals surface area contributed by atoms with Crippen LogP contribution in [-0.2, 0) is 4.79 Å². The quantitative estimate of drug-likeness (QED) is 0.507. The second-order valence-electron chi connectivity index (χ2n) is 5.63. The highest BCUT2D eigenvalue weighted by Crippen LogP contribution is 2.32. The molecule has 146 valence electrons. The van der Waals surface area contributed by atoms with Crippen molar-refractivity contribution in [3.63, 3.8) is 0 Å². The van der Waals surface area contributed by atoms with E-state index in [1.807, 2.05) is 19.1 Å². The number of hydrogen-bond donors (Lipinski definition) is 1. The number of hydrogen-bond acceptors (Lipinski definition) is 5. The maximum absolute atomic E-state index is 12.6. The Morgan fingerprint density at radius 2 is 2.07 bits per heavy atom. The molecule has 0 fully saturated rings. The summed E-state index contributed by atoms with van der Waals surface area (Å²) >= 11 is 7.75. The minimum atomic E-state index is -2.56. The predicted molar refractivity (Wildman–Crippen MR) is 109 cm³/mol. The zero-order valence-corrected chi connectivity index (χ0v) is 17.0. The van der Waals surface area contributed by atoms with Crippen LogP contribution in [0.3, 0.4) is 0 Å². The molecular formula is C18H15ClF2N4OS2. The molecule has 1 amide bonds. The number of aryl methyl sites for hydroxylation is 1. The molecule has 0 bridgehead atoms. The summed E-state index contributed by atoms with van der Waals surface area (Å²) in [6, 6.07) is 12.0. The fourth-order valence-electron chi connectivity index (χ4n) is 2.32. The van der Waals surface area contributed by atoms with Crippen molar-refractivity contribution in [3.8, 4) is 5.69 Å². The van der Waals surface area contributed by atoms with Crippen LogP contribution >= 0.6 is 35.1 Å². The standard InChI is InChI=1S/C18H15ClF2N4OS2/c1-11-6-7-12(8-13(11)19)25-10-22-24-18(25)27-9-16(26)23-14-4-2-3-5-15(14)28-17(20)21/h2-8,10,17H,9H2,1H3,(H,23,26). The number of nitrogens with one attached hydrogen (secondary N) is 1. The lowest BCUT2D eigenvalue weighted by Crippen LogP contribution is -2.15. The third-order valence-electron chi connectivity index (χ3n) is 3.66. The van der Waals surface area contributed by atoms with Crippen LogP contribution in [-0.4, -0.2) is 32.2 Å². The van der Waals surface area contributed by atoms with Gasteiger partial charge < -0.3 is 5.32 Å². The summed E-state index contributed by atoms with van der Waals surface area (Å²) in [5.41, 5.74) is 2.08. The van der Waals surface area contributed by atoms with E-state index in [1.165, 1.54) is 24.2 Å². The molecule has 3 rings (SSSR count). The molecule has 0 spiro atoms. The molecule has 0 aliphatic heterocycles. The van der Waals surface area contributed by atoms with E-state index in [2.05, 4.69) is 15.5 Å². The van der Waals surface area contributed by atoms with Gasteiger partial charge in [-0.1, -0.05) is 53.3 Å². The zero-order chi connectivity index (χ0) is 20.1. The van der Waals surface area contributed by atoms with Crippen LogP contribution in [0.5, 0.6) is 0 Å². The fraction of sp³-hybridized carbons (Fsp3) is 0.167. The number of para-hydroxylation sites is 1. The molecule has 10 heteroatoms. The van der Waals surface area contributed by atoms with Gasteiger partial charge in [0.15, 0.2) is 5.16 Å². The van der Waals surface area contributed by atoms with Crippen molar-refractivity contribution in [2.24, 2.45) is 0 Å². The van der Waals surface area contributed by atoms with Crippen molar-refractivity contribution in [2.75, 3.05) is 11.1 Å². The van der Waals surface area contributed by atoms with Gasteiger partial charge in [-0.15, -0.1) is 10.2 Å². The number of aromatic nitrogens is 3. The van der Waals surface area contributed by atoms with Gasteiger partial charge in [-0.05, 0) is 36.8 Å². The fourth-order valence-corrected chi connectivity index (χ4v) is 3.82. The Hall–Kier alpha value is -2.10. The molecule has 0 atom stereocenters. The van der Waals surface area contributed by atoms with Crippen molar-refractivity contribution in [1.82, 2.24) is 14.8 Å². The third-order valence-corrected chi connectivity index (χ3v) is 5.80. The Labute approximate surface area is 173 Å². The summed E-state index contributed by atoms with van der Waals surface area (Å²) in [5, 5.41) is 11.7. The van der Waals surface area contributed by atoms with Crippen LogP contribution in [0.15, 0.2) is 58.8 Å². The van der Waals surface area contributed by atoms with Crippen LogP contribution in [0.4, 0.5) is 14.5 Å². The van der Waals surface area contributed by atoms with Crippen molar-refractivity contribution >= 4 is 46.7 Å². The average molecular weight is 441 g/mol. The van der Waals surface area contributed by atoms with Gasteiger partial charge in [0, 0.05) is 9.92 Å². The summed E-state index contributed by atoms with van der Waals surface area (Å²) < 4.78 is 27.0. The van der Waals surface area contributed by atoms with Gasteiger partial charge in [0.2, 0.25) is 5.91 Å². The Bertz CT molecular complexity index is 984. The monoisotopic (exact) mass is 440 g/mol. The number of halogens is 3. The maximum Gasteiger partial charge on any atom is 0.288 e. The summed E-state index contributed by atoms with van der Waals surface area (Å²) in [4.78, 5) is 12.6. The lowest BCUT2D eigenvalue weighted by atomic mass is 10.2. The average Bonchev–Trinajstić information content (AvgIpc) is 3.12. The molecule has 1 N–H and O–H groups in total. The molecule has 5 nitrogen and oxygen atoms in total. The third kappa shape index (κ3) is 5.24. The van der Waals surface area contributed by atoms with Gasteiger partial charge in [-0.3, -0.25) is 9.36 Å². The van der Waals surface area contributed by atoms with E-state index >= 15 is 0 Å². The van der Waals surface area contributed by atoms with E-state index in [0.717, 1.165) is 11.3 Å². The van der Waals surface area contributed by atoms with Gasteiger partial charge in [0.1, 0.15) is 6.33 Å². The lowest BCUT2D eigenvalue weighted by molar-refractivity contribution is -0.113. The highest BCUT2D eigenvalue weighted by Gasteiger charge is 2.14. The second-order valence-corrected chi connectivity index (χ2v) is 8.01. The molecule has 0 aliphatic carbocycles. The maximum atomic E-state index is 12.6. The SMILES string of the molecule is Cc1ccc(-n2cnnc2SCC(=O)Nc2ccccc2SC(F)F)cc1Cl. The number of alkyl halides is 2. The second kappa shape index (κ2) is 9.40. The van der Waals surface area contributed by atoms with Crippen LogP contribution in [0, 0.1) is 6.92 Å². The molecule has 2 aromatic carbocycles. The predicted octanol–water partition coefficient (Wildman–Crippen LogP) is 5.27. The molecule has 1 heterocycles. The van der Waals surface area contributed by atoms with E-state index in [1.54, 1.807) is 28.8 Å². The first kappa shape index (κ1) is 20.6. The first-order valence-electron chi connectivity index (χ1n) is 8.07. The lowest BCUT2D eigenvalue weighted by Gasteiger charge is -2.10. The van der Waals surface area contributed by atoms with Gasteiger partial charge >= 0.3 is 0 Å². The van der Waals surface area contributed by atoms with Gasteiger partial charge in [0.25, 0.3) is 5.76 Å². The summed E-state index contributed by atoms with van der Waals surface area (Å²) in [7, 11) is 0. The van der Waals surface area contributed by atoms with E-state index in [0.29, 0.717) is 32.5 Å². The molecule has 3 aromatic rings. The topological polar surface area (TPSA) is 59.8 Å². The first-order chi connectivity index (χ1) is 13.4. The largest absolute Gasteiger partial charge is 0.324 e. The highest BCUT2D eigenvalue weighted by molar-refractivity contribution is 8.00. The van der Waals surface area contributed by atoms with E-state index in [9.17, 15) is 13.6 Å². The van der Waals surface area contributed by atoms with E-state index < -0.39 is 5.76 Å². The Morgan fingerprint density at radius 3 is 2.82 bits per heavy atom. The number of nitrogens with zero attached hydrogens (tertiary/aromatic N) is 3. The van der Waals surface area contributed by atoms with Crippen LogP contribution in [0.1, 0.15) is 5.56 Å². The highest BCUT2D eigenvalue weighted by atomic mass is 35.5. The molecule has 0 radical (unpaired) electrons. The van der Waals surface area contributed by atoms with Crippen molar-refractivity contribution in [1.29, 1.82) is 0 Å². The molecule has 28 heavy (non-hydrogen) atoms.